The fourth-order valence-electron chi connectivity index (χ4n) is 0.394. The summed E-state index contributed by atoms with van der Waals surface area (Å²) in [4.78, 5) is 10.6. The average molecular weight is 194 g/mol. The lowest BCUT2D eigenvalue weighted by molar-refractivity contribution is 0.152. The van der Waals surface area contributed by atoms with Crippen LogP contribution in [0.5, 0.6) is 0 Å². The third-order valence-corrected chi connectivity index (χ3v) is 2.16. The Hall–Kier alpha value is -0.780. The third-order valence-electron chi connectivity index (χ3n) is 1.01. The van der Waals surface area contributed by atoms with Crippen molar-refractivity contribution in [3.8, 4) is 0 Å². The molecule has 0 saturated heterocycles. The number of sulfonamides is 1. The fourth-order valence-corrected chi connectivity index (χ4v) is 0.803. The van der Waals surface area contributed by atoms with Gasteiger partial charge in [0.2, 0.25) is 0 Å². The van der Waals surface area contributed by atoms with Crippen LogP contribution in [-0.2, 0) is 14.8 Å². The number of hydrogen-bond donors (Lipinski definition) is 0. The van der Waals surface area contributed by atoms with Gasteiger partial charge in [0.05, 0.1) is 12.4 Å². The first-order chi connectivity index (χ1) is 5.52. The third kappa shape index (κ3) is 4.95. The van der Waals surface area contributed by atoms with Crippen LogP contribution in [0.2, 0.25) is 0 Å². The molecule has 6 heteroatoms. The summed E-state index contributed by atoms with van der Waals surface area (Å²) >= 11 is 0. The first kappa shape index (κ1) is 11.2. The highest BCUT2D eigenvalue weighted by molar-refractivity contribution is 7.89. The maximum absolute atomic E-state index is 10.7. The van der Waals surface area contributed by atoms with Crippen molar-refractivity contribution in [2.45, 2.75) is 20.3 Å². The normalized spacial score (nSPS) is 10.8. The van der Waals surface area contributed by atoms with Gasteiger partial charge in [-0.05, 0) is 13.3 Å². The number of rotatable bonds is 4. The Morgan fingerprint density at radius 1 is 1.42 bits per heavy atom. The van der Waals surface area contributed by atoms with Crippen molar-refractivity contribution in [1.29, 1.82) is 0 Å². The van der Waals surface area contributed by atoms with Gasteiger partial charge in [-0.25, -0.2) is 13.2 Å². The lowest BCUT2D eigenvalue weighted by Crippen LogP contribution is -2.25. The van der Waals surface area contributed by atoms with Crippen molar-refractivity contribution in [2.75, 3.05) is 12.4 Å². The zero-order valence-electron chi connectivity index (χ0n) is 7.11. The second-order valence-corrected chi connectivity index (χ2v) is 4.00. The number of amides is 1. The Balaban J connectivity index is 3.85. The second kappa shape index (κ2) is 4.97. The van der Waals surface area contributed by atoms with E-state index in [0.29, 0.717) is 6.42 Å². The topological polar surface area (TPSA) is 74.5 Å². The number of carbonyl (C=O) groups excluding carboxylic acids is 1. The summed E-state index contributed by atoms with van der Waals surface area (Å²) in [7, 11) is -3.60. The summed E-state index contributed by atoms with van der Waals surface area (Å²) in [5, 5.41) is 0. The highest BCUT2D eigenvalue weighted by atomic mass is 32.2. The van der Waals surface area contributed by atoms with Gasteiger partial charge >= 0.3 is 6.09 Å². The molecule has 0 aromatic carbocycles. The summed E-state index contributed by atoms with van der Waals surface area (Å²) in [6, 6.07) is 0. The molecule has 0 aromatic rings. The Labute approximate surface area is 72.1 Å². The van der Waals surface area contributed by atoms with Crippen LogP contribution in [-0.4, -0.2) is 26.9 Å². The first-order valence-corrected chi connectivity index (χ1v) is 5.25. The molecular weight excluding hydrogens is 182 g/mol. The molecule has 0 atom stereocenters. The molecule has 1 amide bonds. The van der Waals surface area contributed by atoms with Gasteiger partial charge in [-0.1, -0.05) is 11.6 Å². The summed E-state index contributed by atoms with van der Waals surface area (Å²) in [5.41, 5.74) is 0. The van der Waals surface area contributed by atoms with E-state index < -0.39 is 16.1 Å². The van der Waals surface area contributed by atoms with Gasteiger partial charge in [-0.3, -0.25) is 0 Å². The molecule has 5 nitrogen and oxygen atoms in total. The molecule has 0 saturated carbocycles. The van der Waals surface area contributed by atoms with Crippen LogP contribution in [0, 0.1) is 0 Å². The smallest absolute Gasteiger partial charge is 0.444 e. The van der Waals surface area contributed by atoms with E-state index in [2.05, 4.69) is 9.46 Å². The van der Waals surface area contributed by atoms with E-state index in [1.54, 1.807) is 0 Å². The summed E-state index contributed by atoms with van der Waals surface area (Å²) in [6.07, 6.45) is -0.383. The van der Waals surface area contributed by atoms with Gasteiger partial charge in [0.1, 0.15) is 0 Å². The van der Waals surface area contributed by atoms with E-state index in [9.17, 15) is 13.2 Å². The average Bonchev–Trinajstić information content (AvgIpc) is 2.00. The van der Waals surface area contributed by atoms with E-state index >= 15 is 0 Å². The predicted molar refractivity (Wildman–Crippen MR) is 43.2 cm³/mol. The van der Waals surface area contributed by atoms with Gasteiger partial charge in [0, 0.05) is 0 Å². The molecule has 0 bridgehead atoms. The Bertz CT molecular complexity index is 234. The van der Waals surface area contributed by atoms with Crippen LogP contribution in [0.3, 0.4) is 0 Å². The van der Waals surface area contributed by atoms with Crippen LogP contribution in [0.1, 0.15) is 20.3 Å². The van der Waals surface area contributed by atoms with Crippen LogP contribution < -0.4 is 4.72 Å². The number of nitrogens with zero attached hydrogens (tertiary/aromatic N) is 1. The van der Waals surface area contributed by atoms with Crippen molar-refractivity contribution in [3.05, 3.63) is 0 Å². The standard InChI is InChI=1S/C6H12NO4S/c1-3-5-11-6(8)7-12(9,10)4-2/h3-5H2,1-2H3. The van der Waals surface area contributed by atoms with E-state index in [-0.39, 0.29) is 12.4 Å². The minimum atomic E-state index is -3.60. The summed E-state index contributed by atoms with van der Waals surface area (Å²) in [5.74, 6) is -0.186. The summed E-state index contributed by atoms with van der Waals surface area (Å²) < 4.78 is 28.7. The number of carbonyl (C=O) groups is 1. The van der Waals surface area contributed by atoms with E-state index in [1.807, 2.05) is 6.92 Å². The van der Waals surface area contributed by atoms with Crippen molar-refractivity contribution >= 4 is 16.1 Å². The lowest BCUT2D eigenvalue weighted by Gasteiger charge is -2.01. The zero-order valence-corrected chi connectivity index (χ0v) is 7.93. The summed E-state index contributed by atoms with van der Waals surface area (Å²) in [6.45, 7) is 3.41. The highest BCUT2D eigenvalue weighted by Gasteiger charge is 2.15. The monoisotopic (exact) mass is 194 g/mol. The molecule has 0 rings (SSSR count). The van der Waals surface area contributed by atoms with Crippen LogP contribution in [0.15, 0.2) is 0 Å². The molecule has 0 spiro atoms. The molecule has 0 aliphatic rings. The molecule has 0 heterocycles. The molecule has 1 radical (unpaired) electrons. The van der Waals surface area contributed by atoms with Gasteiger partial charge in [-0.15, -0.1) is 0 Å². The van der Waals surface area contributed by atoms with Crippen molar-refractivity contribution in [3.63, 3.8) is 0 Å². The molecular formula is C6H12NO4S. The fraction of sp³-hybridized carbons (Fsp3) is 0.833. The van der Waals surface area contributed by atoms with Crippen LogP contribution in [0.4, 0.5) is 4.79 Å². The Morgan fingerprint density at radius 3 is 2.42 bits per heavy atom. The number of ether oxygens (including phenoxy) is 1. The molecule has 71 valence electrons. The predicted octanol–water partition coefficient (Wildman–Crippen LogP) is 0.487. The van der Waals surface area contributed by atoms with Crippen LogP contribution in [0.25, 0.3) is 0 Å². The lowest BCUT2D eigenvalue weighted by atomic mass is 10.5. The van der Waals surface area contributed by atoms with Gasteiger partial charge in [0.25, 0.3) is 10.0 Å². The maximum Gasteiger partial charge on any atom is 0.444 e. The van der Waals surface area contributed by atoms with Crippen molar-refractivity contribution in [2.24, 2.45) is 0 Å². The minimum absolute atomic E-state index is 0.186. The van der Waals surface area contributed by atoms with Gasteiger partial charge < -0.3 is 4.74 Å². The molecule has 0 aliphatic heterocycles. The maximum atomic E-state index is 10.7. The molecule has 0 fully saturated rings. The van der Waals surface area contributed by atoms with Crippen LogP contribution >= 0.6 is 0 Å². The van der Waals surface area contributed by atoms with Gasteiger partial charge in [-0.2, -0.15) is 0 Å². The molecule has 0 unspecified atom stereocenters. The molecule has 0 aliphatic carbocycles. The van der Waals surface area contributed by atoms with Crippen molar-refractivity contribution in [1.82, 2.24) is 4.72 Å². The SMILES string of the molecule is CCCOC(=O)[N]S(=O)(=O)CC. The van der Waals surface area contributed by atoms with E-state index in [1.165, 1.54) is 6.92 Å². The van der Waals surface area contributed by atoms with E-state index in [4.69, 9.17) is 0 Å². The zero-order chi connectivity index (χ0) is 9.61. The minimum Gasteiger partial charge on any atom is -0.447 e. The first-order valence-electron chi connectivity index (χ1n) is 3.64. The van der Waals surface area contributed by atoms with Gasteiger partial charge in [0.15, 0.2) is 0 Å². The Morgan fingerprint density at radius 2 is 2.00 bits per heavy atom. The molecule has 0 aromatic heterocycles. The van der Waals surface area contributed by atoms with Crippen molar-refractivity contribution < 1.29 is 17.9 Å². The Kier molecular flexibility index (Phi) is 4.65. The quantitative estimate of drug-likeness (QED) is 0.652. The second-order valence-electron chi connectivity index (χ2n) is 2.08. The number of hydrogen-bond acceptors (Lipinski definition) is 4. The highest BCUT2D eigenvalue weighted by Crippen LogP contribution is 1.89. The van der Waals surface area contributed by atoms with E-state index in [0.717, 1.165) is 0 Å². The molecule has 12 heavy (non-hydrogen) atoms. The largest absolute Gasteiger partial charge is 0.447 e. The molecule has 0 N–H and O–H groups in total.